The van der Waals surface area contributed by atoms with E-state index in [1.165, 1.54) is 0 Å². The summed E-state index contributed by atoms with van der Waals surface area (Å²) in [6, 6.07) is 0. The predicted molar refractivity (Wildman–Crippen MR) is 71.4 cm³/mol. The van der Waals surface area contributed by atoms with Crippen LogP contribution in [0.15, 0.2) is 12.4 Å². The van der Waals surface area contributed by atoms with Crippen LogP contribution in [0.2, 0.25) is 0 Å². The predicted octanol–water partition coefficient (Wildman–Crippen LogP) is 3.64. The first-order valence-corrected chi connectivity index (χ1v) is 6.81. The summed E-state index contributed by atoms with van der Waals surface area (Å²) in [6.07, 6.45) is 5.89. The zero-order chi connectivity index (χ0) is 12.7. The van der Waals surface area contributed by atoms with Crippen molar-refractivity contribution in [3.05, 3.63) is 18.0 Å². The molecule has 1 rings (SSSR count). The maximum absolute atomic E-state index is 6.14. The van der Waals surface area contributed by atoms with Crippen molar-refractivity contribution in [3.8, 4) is 0 Å². The molecular weight excluding hydrogens is 236 g/mol. The number of alkyl halides is 1. The number of hydrogen-bond acceptors (Lipinski definition) is 2. The van der Waals surface area contributed by atoms with Gasteiger partial charge < -0.3 is 4.74 Å². The van der Waals surface area contributed by atoms with E-state index in [0.29, 0.717) is 12.5 Å². The fraction of sp³-hybridized carbons (Fsp3) is 0.769. The van der Waals surface area contributed by atoms with Gasteiger partial charge in [-0.2, -0.15) is 5.10 Å². The number of aromatic nitrogens is 2. The quantitative estimate of drug-likeness (QED) is 0.526. The molecule has 1 heterocycles. The van der Waals surface area contributed by atoms with Crippen LogP contribution in [0.3, 0.4) is 0 Å². The average molecular weight is 259 g/mol. The molecule has 4 heteroatoms. The minimum Gasteiger partial charge on any atom is -0.380 e. The van der Waals surface area contributed by atoms with Gasteiger partial charge in [-0.25, -0.2) is 0 Å². The molecule has 0 aliphatic rings. The Hall–Kier alpha value is -0.540. The monoisotopic (exact) mass is 258 g/mol. The molecule has 0 amide bonds. The van der Waals surface area contributed by atoms with Gasteiger partial charge in [-0.3, -0.25) is 4.68 Å². The summed E-state index contributed by atoms with van der Waals surface area (Å²) in [6.45, 7) is 8.82. The van der Waals surface area contributed by atoms with E-state index in [-0.39, 0.29) is 5.38 Å². The number of rotatable bonds is 8. The standard InChI is InChI=1S/C13H23ClN2O/c1-4-13(14)12-9-15-16(10-12)6-8-17-7-5-11(2)3/h9-11,13H,4-8H2,1-3H3. The average Bonchev–Trinajstić information content (AvgIpc) is 2.76. The Morgan fingerprint density at radius 2 is 2.18 bits per heavy atom. The number of halogens is 1. The van der Waals surface area contributed by atoms with Crippen molar-refractivity contribution in [3.63, 3.8) is 0 Å². The van der Waals surface area contributed by atoms with Crippen LogP contribution in [-0.2, 0) is 11.3 Å². The molecule has 1 aromatic rings. The zero-order valence-corrected chi connectivity index (χ0v) is 11.8. The van der Waals surface area contributed by atoms with E-state index in [9.17, 15) is 0 Å². The van der Waals surface area contributed by atoms with E-state index in [2.05, 4.69) is 25.9 Å². The Morgan fingerprint density at radius 1 is 1.41 bits per heavy atom. The van der Waals surface area contributed by atoms with Gasteiger partial charge >= 0.3 is 0 Å². The minimum atomic E-state index is 0.0746. The van der Waals surface area contributed by atoms with Crippen LogP contribution >= 0.6 is 11.6 Å². The van der Waals surface area contributed by atoms with Crippen LogP contribution in [0, 0.1) is 5.92 Å². The first-order valence-electron chi connectivity index (χ1n) is 6.37. The molecule has 1 unspecified atom stereocenters. The fourth-order valence-corrected chi connectivity index (χ4v) is 1.59. The van der Waals surface area contributed by atoms with Crippen LogP contribution in [0.5, 0.6) is 0 Å². The van der Waals surface area contributed by atoms with Crippen molar-refractivity contribution in [2.24, 2.45) is 5.92 Å². The highest BCUT2D eigenvalue weighted by molar-refractivity contribution is 6.20. The smallest absolute Gasteiger partial charge is 0.0662 e. The molecule has 0 radical (unpaired) electrons. The largest absolute Gasteiger partial charge is 0.380 e. The molecular formula is C13H23ClN2O. The van der Waals surface area contributed by atoms with Gasteiger partial charge in [0.2, 0.25) is 0 Å². The molecule has 17 heavy (non-hydrogen) atoms. The zero-order valence-electron chi connectivity index (χ0n) is 11.0. The Bertz CT molecular complexity index is 312. The van der Waals surface area contributed by atoms with Crippen molar-refractivity contribution in [1.82, 2.24) is 9.78 Å². The molecule has 0 aromatic carbocycles. The molecule has 0 N–H and O–H groups in total. The van der Waals surface area contributed by atoms with Gasteiger partial charge in [-0.05, 0) is 18.8 Å². The first kappa shape index (κ1) is 14.5. The third kappa shape index (κ3) is 5.55. The number of nitrogens with zero attached hydrogens (tertiary/aromatic N) is 2. The van der Waals surface area contributed by atoms with Crippen LogP contribution in [0.4, 0.5) is 0 Å². The van der Waals surface area contributed by atoms with Crippen molar-refractivity contribution in [2.75, 3.05) is 13.2 Å². The lowest BCUT2D eigenvalue weighted by molar-refractivity contribution is 0.114. The van der Waals surface area contributed by atoms with Gasteiger partial charge in [0.1, 0.15) is 0 Å². The molecule has 0 bridgehead atoms. The molecule has 0 aliphatic carbocycles. The second-order valence-corrected chi connectivity index (χ2v) is 5.23. The molecule has 0 aliphatic heterocycles. The summed E-state index contributed by atoms with van der Waals surface area (Å²) in [5.74, 6) is 0.702. The Balaban J connectivity index is 2.21. The highest BCUT2D eigenvalue weighted by Gasteiger charge is 2.07. The summed E-state index contributed by atoms with van der Waals surface area (Å²) < 4.78 is 7.45. The maximum Gasteiger partial charge on any atom is 0.0662 e. The molecule has 0 saturated heterocycles. The third-order valence-electron chi connectivity index (χ3n) is 2.68. The van der Waals surface area contributed by atoms with Crippen molar-refractivity contribution >= 4 is 11.6 Å². The summed E-state index contributed by atoms with van der Waals surface area (Å²) >= 11 is 6.14. The molecule has 1 atom stereocenters. The third-order valence-corrected chi connectivity index (χ3v) is 3.24. The molecule has 0 fully saturated rings. The van der Waals surface area contributed by atoms with Gasteiger partial charge in [-0.1, -0.05) is 20.8 Å². The van der Waals surface area contributed by atoms with Gasteiger partial charge in [0, 0.05) is 18.4 Å². The van der Waals surface area contributed by atoms with Gasteiger partial charge in [-0.15, -0.1) is 11.6 Å². The van der Waals surface area contributed by atoms with Crippen LogP contribution in [0.25, 0.3) is 0 Å². The second-order valence-electron chi connectivity index (χ2n) is 4.71. The van der Waals surface area contributed by atoms with E-state index in [0.717, 1.165) is 31.6 Å². The summed E-state index contributed by atoms with van der Waals surface area (Å²) in [4.78, 5) is 0. The summed E-state index contributed by atoms with van der Waals surface area (Å²) in [5, 5.41) is 4.34. The van der Waals surface area contributed by atoms with E-state index in [4.69, 9.17) is 16.3 Å². The molecule has 3 nitrogen and oxygen atoms in total. The van der Waals surface area contributed by atoms with E-state index >= 15 is 0 Å². The van der Waals surface area contributed by atoms with Crippen molar-refractivity contribution < 1.29 is 4.74 Å². The molecule has 1 aromatic heterocycles. The molecule has 0 spiro atoms. The Labute approximate surface area is 109 Å². The van der Waals surface area contributed by atoms with Crippen LogP contribution < -0.4 is 0 Å². The molecule has 98 valence electrons. The number of hydrogen-bond donors (Lipinski definition) is 0. The van der Waals surface area contributed by atoms with Crippen molar-refractivity contribution in [2.45, 2.75) is 45.5 Å². The van der Waals surface area contributed by atoms with Gasteiger partial charge in [0.25, 0.3) is 0 Å². The summed E-state index contributed by atoms with van der Waals surface area (Å²) in [5.41, 5.74) is 1.09. The highest BCUT2D eigenvalue weighted by atomic mass is 35.5. The highest BCUT2D eigenvalue weighted by Crippen LogP contribution is 2.22. The lowest BCUT2D eigenvalue weighted by Gasteiger charge is -2.06. The Morgan fingerprint density at radius 3 is 2.82 bits per heavy atom. The SMILES string of the molecule is CCC(Cl)c1cnn(CCOCCC(C)C)c1. The molecule has 0 saturated carbocycles. The van der Waals surface area contributed by atoms with Gasteiger partial charge in [0.15, 0.2) is 0 Å². The second kappa shape index (κ2) is 7.72. The van der Waals surface area contributed by atoms with Crippen molar-refractivity contribution in [1.29, 1.82) is 0 Å². The number of ether oxygens (including phenoxy) is 1. The fourth-order valence-electron chi connectivity index (χ4n) is 1.48. The minimum absolute atomic E-state index is 0.0746. The van der Waals surface area contributed by atoms with Crippen LogP contribution in [0.1, 0.15) is 44.6 Å². The van der Waals surface area contributed by atoms with E-state index in [1.807, 2.05) is 17.1 Å². The topological polar surface area (TPSA) is 27.1 Å². The normalized spacial score (nSPS) is 13.2. The lowest BCUT2D eigenvalue weighted by atomic mass is 10.1. The summed E-state index contributed by atoms with van der Waals surface area (Å²) in [7, 11) is 0. The first-order chi connectivity index (χ1) is 8.13. The van der Waals surface area contributed by atoms with E-state index in [1.54, 1.807) is 0 Å². The van der Waals surface area contributed by atoms with Gasteiger partial charge in [0.05, 0.1) is 24.7 Å². The maximum atomic E-state index is 6.14. The lowest BCUT2D eigenvalue weighted by Crippen LogP contribution is -2.08. The van der Waals surface area contributed by atoms with E-state index < -0.39 is 0 Å². The van der Waals surface area contributed by atoms with Crippen LogP contribution in [-0.4, -0.2) is 23.0 Å². The Kier molecular flexibility index (Phi) is 6.60.